The third-order valence-corrected chi connectivity index (χ3v) is 5.39. The number of benzene rings is 2. The Morgan fingerprint density at radius 1 is 1.00 bits per heavy atom. The van der Waals surface area contributed by atoms with Crippen molar-refractivity contribution in [2.75, 3.05) is 46.9 Å². The highest BCUT2D eigenvalue weighted by Gasteiger charge is 2.37. The molecule has 0 spiro atoms. The van der Waals surface area contributed by atoms with Gasteiger partial charge in [-0.2, -0.15) is 0 Å². The Kier molecular flexibility index (Phi) is 6.89. The average Bonchev–Trinajstić information content (AvgIpc) is 3.19. The molecule has 0 N–H and O–H groups in total. The van der Waals surface area contributed by atoms with Crippen LogP contribution >= 0.6 is 0 Å². The molecule has 0 saturated carbocycles. The first-order valence-electron chi connectivity index (χ1n) is 9.90. The number of rotatable bonds is 8. The topological polar surface area (TPSA) is 77.5 Å². The maximum atomic E-state index is 13.0. The Bertz CT molecular complexity index is 919. The molecule has 0 aliphatic carbocycles. The molecule has 3 rings (SSSR count). The Balaban J connectivity index is 1.73. The average molecular weight is 428 g/mol. The van der Waals surface area contributed by atoms with Crippen LogP contribution in [-0.2, 0) is 16.1 Å². The van der Waals surface area contributed by atoms with Crippen molar-refractivity contribution in [2.45, 2.75) is 13.0 Å². The van der Waals surface area contributed by atoms with Crippen LogP contribution in [0.25, 0.3) is 0 Å². The highest BCUT2D eigenvalue weighted by molar-refractivity contribution is 6.00. The lowest BCUT2D eigenvalue weighted by Crippen LogP contribution is -2.34. The van der Waals surface area contributed by atoms with E-state index < -0.39 is 5.92 Å². The zero-order valence-electron chi connectivity index (χ0n) is 18.5. The van der Waals surface area contributed by atoms with Gasteiger partial charge in [-0.25, -0.2) is 0 Å². The second-order valence-corrected chi connectivity index (χ2v) is 7.33. The quantitative estimate of drug-likeness (QED) is 0.644. The number of methoxy groups -OCH3 is 4. The van der Waals surface area contributed by atoms with E-state index in [1.165, 1.54) is 21.3 Å². The molecule has 1 fully saturated rings. The molecule has 1 unspecified atom stereocenters. The number of carbonyl (C=O) groups excluding carboxylic acids is 2. The van der Waals surface area contributed by atoms with Gasteiger partial charge in [0.2, 0.25) is 17.6 Å². The first-order valence-corrected chi connectivity index (χ1v) is 9.90. The third kappa shape index (κ3) is 4.68. The van der Waals surface area contributed by atoms with Crippen LogP contribution < -0.4 is 23.8 Å². The monoisotopic (exact) mass is 428 g/mol. The number of anilines is 1. The summed E-state index contributed by atoms with van der Waals surface area (Å²) in [5.74, 6) is 1.51. The summed E-state index contributed by atoms with van der Waals surface area (Å²) in [6, 6.07) is 11.0. The van der Waals surface area contributed by atoms with E-state index in [1.54, 1.807) is 36.1 Å². The van der Waals surface area contributed by atoms with Crippen LogP contribution in [0.3, 0.4) is 0 Å². The van der Waals surface area contributed by atoms with Crippen LogP contribution in [0.4, 0.5) is 5.69 Å². The van der Waals surface area contributed by atoms with E-state index >= 15 is 0 Å². The van der Waals surface area contributed by atoms with Crippen LogP contribution in [0.15, 0.2) is 36.4 Å². The van der Waals surface area contributed by atoms with Crippen LogP contribution in [0.2, 0.25) is 0 Å². The minimum Gasteiger partial charge on any atom is -0.497 e. The van der Waals surface area contributed by atoms with Gasteiger partial charge in [-0.15, -0.1) is 0 Å². The van der Waals surface area contributed by atoms with Crippen molar-refractivity contribution >= 4 is 17.5 Å². The molecule has 1 atom stereocenters. The summed E-state index contributed by atoms with van der Waals surface area (Å²) in [5, 5.41) is 0. The van der Waals surface area contributed by atoms with Crippen molar-refractivity contribution in [2.24, 2.45) is 5.92 Å². The lowest BCUT2D eigenvalue weighted by Gasteiger charge is -2.22. The van der Waals surface area contributed by atoms with Crippen LogP contribution in [0.1, 0.15) is 12.0 Å². The molecule has 1 saturated heterocycles. The molecule has 1 aliphatic heterocycles. The van der Waals surface area contributed by atoms with Crippen LogP contribution in [-0.4, -0.2) is 58.7 Å². The number of amides is 2. The summed E-state index contributed by atoms with van der Waals surface area (Å²) < 4.78 is 21.3. The molecule has 166 valence electrons. The SMILES string of the molecule is COc1ccc(CN(C)C(=O)C2CC(=O)N(c3cc(OC)c(OC)c(OC)c3)C2)cc1. The third-order valence-electron chi connectivity index (χ3n) is 5.39. The van der Waals surface area contributed by atoms with Crippen molar-refractivity contribution in [1.29, 1.82) is 0 Å². The minimum atomic E-state index is -0.421. The molecule has 0 radical (unpaired) electrons. The molecule has 2 amide bonds. The van der Waals surface area contributed by atoms with E-state index in [2.05, 4.69) is 0 Å². The van der Waals surface area contributed by atoms with Gasteiger partial charge in [0, 0.05) is 38.7 Å². The molecule has 8 heteroatoms. The second kappa shape index (κ2) is 9.59. The fourth-order valence-electron chi connectivity index (χ4n) is 3.74. The summed E-state index contributed by atoms with van der Waals surface area (Å²) >= 11 is 0. The summed E-state index contributed by atoms with van der Waals surface area (Å²) in [5.41, 5.74) is 1.59. The smallest absolute Gasteiger partial charge is 0.228 e. The Hall–Kier alpha value is -3.42. The number of hydrogen-bond acceptors (Lipinski definition) is 6. The molecule has 1 aliphatic rings. The summed E-state index contributed by atoms with van der Waals surface area (Å²) in [6.45, 7) is 0.751. The molecule has 0 aromatic heterocycles. The maximum absolute atomic E-state index is 13.0. The van der Waals surface area contributed by atoms with E-state index in [0.717, 1.165) is 11.3 Å². The van der Waals surface area contributed by atoms with Gasteiger partial charge in [-0.3, -0.25) is 9.59 Å². The lowest BCUT2D eigenvalue weighted by atomic mass is 10.1. The van der Waals surface area contributed by atoms with E-state index in [-0.39, 0.29) is 18.2 Å². The first-order chi connectivity index (χ1) is 14.9. The lowest BCUT2D eigenvalue weighted by molar-refractivity contribution is -0.135. The van der Waals surface area contributed by atoms with Crippen molar-refractivity contribution < 1.29 is 28.5 Å². The molecular weight excluding hydrogens is 400 g/mol. The number of hydrogen-bond donors (Lipinski definition) is 0. The number of nitrogens with zero attached hydrogens (tertiary/aromatic N) is 2. The normalized spacial score (nSPS) is 15.6. The maximum Gasteiger partial charge on any atom is 0.228 e. The van der Waals surface area contributed by atoms with Gasteiger partial charge in [0.25, 0.3) is 0 Å². The number of carbonyl (C=O) groups is 2. The fourth-order valence-corrected chi connectivity index (χ4v) is 3.74. The van der Waals surface area contributed by atoms with Gasteiger partial charge in [-0.05, 0) is 17.7 Å². The largest absolute Gasteiger partial charge is 0.497 e. The zero-order valence-corrected chi connectivity index (χ0v) is 18.5. The predicted molar refractivity (Wildman–Crippen MR) is 116 cm³/mol. The summed E-state index contributed by atoms with van der Waals surface area (Å²) in [7, 11) is 7.93. The molecule has 2 aromatic rings. The highest BCUT2D eigenvalue weighted by Crippen LogP contribution is 2.42. The standard InChI is InChI=1S/C23H28N2O6/c1-24(13-15-6-8-18(28-2)9-7-15)23(27)16-10-21(26)25(14-16)17-11-19(29-3)22(31-5)20(12-17)30-4/h6-9,11-12,16H,10,13-14H2,1-5H3. The Morgan fingerprint density at radius 3 is 2.13 bits per heavy atom. The zero-order chi connectivity index (χ0) is 22.5. The van der Waals surface area contributed by atoms with Gasteiger partial charge < -0.3 is 28.7 Å². The van der Waals surface area contributed by atoms with Crippen LogP contribution in [0.5, 0.6) is 23.0 Å². The fraction of sp³-hybridized carbons (Fsp3) is 0.391. The van der Waals surface area contributed by atoms with Crippen molar-refractivity contribution in [1.82, 2.24) is 4.90 Å². The molecule has 31 heavy (non-hydrogen) atoms. The van der Waals surface area contributed by atoms with E-state index in [1.807, 2.05) is 24.3 Å². The van der Waals surface area contributed by atoms with Crippen molar-refractivity contribution in [3.05, 3.63) is 42.0 Å². The first kappa shape index (κ1) is 22.3. The van der Waals surface area contributed by atoms with Gasteiger partial charge in [-0.1, -0.05) is 12.1 Å². The Morgan fingerprint density at radius 2 is 1.61 bits per heavy atom. The number of ether oxygens (including phenoxy) is 4. The molecule has 0 bridgehead atoms. The van der Waals surface area contributed by atoms with Gasteiger partial charge >= 0.3 is 0 Å². The summed E-state index contributed by atoms with van der Waals surface area (Å²) in [4.78, 5) is 29.0. The molecule has 1 heterocycles. The van der Waals surface area contributed by atoms with Gasteiger partial charge in [0.15, 0.2) is 11.5 Å². The van der Waals surface area contributed by atoms with Crippen molar-refractivity contribution in [3.8, 4) is 23.0 Å². The Labute approximate surface area is 182 Å². The second-order valence-electron chi connectivity index (χ2n) is 7.33. The molecular formula is C23H28N2O6. The van der Waals surface area contributed by atoms with Gasteiger partial charge in [0.05, 0.1) is 40.0 Å². The summed E-state index contributed by atoms with van der Waals surface area (Å²) in [6.07, 6.45) is 0.155. The van der Waals surface area contributed by atoms with E-state index in [4.69, 9.17) is 18.9 Å². The molecule has 2 aromatic carbocycles. The van der Waals surface area contributed by atoms with Crippen molar-refractivity contribution in [3.63, 3.8) is 0 Å². The minimum absolute atomic E-state index is 0.0703. The van der Waals surface area contributed by atoms with E-state index in [9.17, 15) is 9.59 Å². The highest BCUT2D eigenvalue weighted by atomic mass is 16.5. The van der Waals surface area contributed by atoms with Gasteiger partial charge in [0.1, 0.15) is 5.75 Å². The predicted octanol–water partition coefficient (Wildman–Crippen LogP) is 2.73. The van der Waals surface area contributed by atoms with Crippen LogP contribution in [0, 0.1) is 5.92 Å². The molecule has 8 nitrogen and oxygen atoms in total. The van der Waals surface area contributed by atoms with E-state index in [0.29, 0.717) is 36.0 Å².